The molecule has 4 rings (SSSR count). The molecule has 1 spiro atoms. The first-order valence-corrected chi connectivity index (χ1v) is 7.49. The van der Waals surface area contributed by atoms with Crippen molar-refractivity contribution in [3.05, 3.63) is 48.8 Å². The molecule has 1 aromatic rings. The number of nitrogens with one attached hydrogen (secondary N) is 1. The number of carbonyl (C=O) groups excluding carboxylic acids is 2. The Morgan fingerprint density at radius 2 is 2.13 bits per heavy atom. The molecule has 23 heavy (non-hydrogen) atoms. The minimum atomic E-state index is -0.799. The van der Waals surface area contributed by atoms with Gasteiger partial charge in [-0.2, -0.15) is 0 Å². The zero-order valence-corrected chi connectivity index (χ0v) is 12.9. The monoisotopic (exact) mass is 313 g/mol. The van der Waals surface area contributed by atoms with E-state index in [0.717, 1.165) is 11.3 Å². The molecule has 2 saturated heterocycles. The van der Waals surface area contributed by atoms with Gasteiger partial charge >= 0.3 is 6.09 Å². The molecule has 0 unspecified atom stereocenters. The Bertz CT molecular complexity index is 676. The van der Waals surface area contributed by atoms with Gasteiger partial charge in [0.25, 0.3) is 0 Å². The molecule has 3 heterocycles. The Morgan fingerprint density at radius 3 is 2.87 bits per heavy atom. The number of hydrogen-bond donors (Lipinski definition) is 1. The minimum absolute atomic E-state index is 0.0814. The van der Waals surface area contributed by atoms with Crippen LogP contribution in [0.25, 0.3) is 0 Å². The molecule has 3 radical (unpaired) electrons. The second kappa shape index (κ2) is 4.96. The van der Waals surface area contributed by atoms with E-state index in [9.17, 15) is 9.59 Å². The smallest absolute Gasteiger partial charge is 0.410 e. The van der Waals surface area contributed by atoms with Gasteiger partial charge in [-0.15, -0.1) is 0 Å². The fraction of sp³-hybridized carbons (Fsp3) is 0.353. The second-order valence-corrected chi connectivity index (χ2v) is 5.98. The summed E-state index contributed by atoms with van der Waals surface area (Å²) in [6.07, 6.45) is 4.42. The van der Waals surface area contributed by atoms with E-state index < -0.39 is 11.5 Å². The van der Waals surface area contributed by atoms with E-state index in [0.29, 0.717) is 12.5 Å². The highest BCUT2D eigenvalue weighted by Crippen LogP contribution is 2.55. The SMILES string of the molecule is CO[C]1[CH][CH][C@@H]2N(C(=O)OC)[C@H]1C[C@@]21C(=O)Nc2ccccc21. The first kappa shape index (κ1) is 14.5. The molecule has 2 bridgehead atoms. The third kappa shape index (κ3) is 1.72. The molecule has 3 aliphatic rings. The number of para-hydroxylation sites is 1. The molecule has 6 heteroatoms. The molecule has 0 saturated carbocycles. The van der Waals surface area contributed by atoms with Crippen LogP contribution in [0.1, 0.15) is 12.0 Å². The summed E-state index contributed by atoms with van der Waals surface area (Å²) in [5.74, 6) is -0.0814. The first-order chi connectivity index (χ1) is 11.1. The standard InChI is InChI=1S/C17H17N2O4/c1-22-13-7-8-14-17(9-12(13)19(14)16(21)23-2)10-5-3-4-6-11(10)18-15(17)20/h3-8,12,14H,9H2,1-2H3,(H,18,20)/t12-,14-,17-/m0/s1. The normalized spacial score (nSPS) is 32.1. The molecular formula is C17H17N2O4. The van der Waals surface area contributed by atoms with Crippen LogP contribution in [0.5, 0.6) is 0 Å². The molecule has 0 aromatic heterocycles. The highest BCUT2D eigenvalue weighted by atomic mass is 16.5. The van der Waals surface area contributed by atoms with Crippen LogP contribution in [0, 0.1) is 18.9 Å². The molecule has 119 valence electrons. The number of carbonyl (C=O) groups is 2. The maximum Gasteiger partial charge on any atom is 0.410 e. The topological polar surface area (TPSA) is 67.9 Å². The summed E-state index contributed by atoms with van der Waals surface area (Å²) in [6.45, 7) is 0. The summed E-state index contributed by atoms with van der Waals surface area (Å²) in [6, 6.07) is 6.94. The maximum atomic E-state index is 12.9. The van der Waals surface area contributed by atoms with Gasteiger partial charge in [-0.3, -0.25) is 9.69 Å². The summed E-state index contributed by atoms with van der Waals surface area (Å²) >= 11 is 0. The Hall–Kier alpha value is -2.08. The molecule has 3 aliphatic heterocycles. The zero-order valence-electron chi connectivity index (χ0n) is 12.9. The van der Waals surface area contributed by atoms with Crippen molar-refractivity contribution in [2.75, 3.05) is 19.5 Å². The lowest BCUT2D eigenvalue weighted by Gasteiger charge is -2.39. The lowest BCUT2D eigenvalue weighted by molar-refractivity contribution is -0.121. The lowest BCUT2D eigenvalue weighted by Crippen LogP contribution is -2.53. The van der Waals surface area contributed by atoms with Crippen molar-refractivity contribution in [1.29, 1.82) is 0 Å². The van der Waals surface area contributed by atoms with Crippen LogP contribution in [0.4, 0.5) is 10.5 Å². The molecule has 1 aromatic carbocycles. The van der Waals surface area contributed by atoms with E-state index in [-0.39, 0.29) is 18.0 Å². The molecule has 3 atom stereocenters. The number of amides is 2. The van der Waals surface area contributed by atoms with Gasteiger partial charge in [0.15, 0.2) is 0 Å². The largest absolute Gasteiger partial charge is 0.453 e. The number of methoxy groups -OCH3 is 2. The average molecular weight is 313 g/mol. The van der Waals surface area contributed by atoms with E-state index in [1.807, 2.05) is 37.1 Å². The van der Waals surface area contributed by atoms with Gasteiger partial charge in [0.2, 0.25) is 5.91 Å². The zero-order chi connectivity index (χ0) is 16.2. The fourth-order valence-electron chi connectivity index (χ4n) is 4.13. The van der Waals surface area contributed by atoms with E-state index in [2.05, 4.69) is 5.32 Å². The summed E-state index contributed by atoms with van der Waals surface area (Å²) in [7, 11) is 2.92. The maximum absolute atomic E-state index is 12.9. The highest BCUT2D eigenvalue weighted by molar-refractivity contribution is 6.08. The quantitative estimate of drug-likeness (QED) is 0.856. The molecule has 1 N–H and O–H groups in total. The van der Waals surface area contributed by atoms with E-state index in [4.69, 9.17) is 9.47 Å². The van der Waals surface area contributed by atoms with Crippen molar-refractivity contribution < 1.29 is 19.1 Å². The number of hydrogen-bond acceptors (Lipinski definition) is 4. The summed E-state index contributed by atoms with van der Waals surface area (Å²) in [5.41, 5.74) is 0.933. The second-order valence-electron chi connectivity index (χ2n) is 5.98. The van der Waals surface area contributed by atoms with Crippen molar-refractivity contribution in [3.63, 3.8) is 0 Å². The number of rotatable bonds is 1. The van der Waals surface area contributed by atoms with E-state index >= 15 is 0 Å². The lowest BCUT2D eigenvalue weighted by atomic mass is 9.74. The Kier molecular flexibility index (Phi) is 3.13. The third-order valence-electron chi connectivity index (χ3n) is 5.11. The van der Waals surface area contributed by atoms with Crippen molar-refractivity contribution in [2.45, 2.75) is 23.9 Å². The summed E-state index contributed by atoms with van der Waals surface area (Å²) < 4.78 is 10.4. The van der Waals surface area contributed by atoms with Gasteiger partial charge in [-0.05, 0) is 24.5 Å². The van der Waals surface area contributed by atoms with Crippen LogP contribution in [0.2, 0.25) is 0 Å². The number of anilines is 1. The van der Waals surface area contributed by atoms with Gasteiger partial charge in [-0.1, -0.05) is 18.2 Å². The van der Waals surface area contributed by atoms with E-state index in [1.54, 1.807) is 12.0 Å². The molecule has 2 amide bonds. The number of nitrogens with zero attached hydrogens (tertiary/aromatic N) is 1. The molecular weight excluding hydrogens is 296 g/mol. The fourth-order valence-corrected chi connectivity index (χ4v) is 4.13. The average Bonchev–Trinajstić information content (AvgIpc) is 2.99. The highest BCUT2D eigenvalue weighted by Gasteiger charge is 2.65. The van der Waals surface area contributed by atoms with Crippen LogP contribution in [0.3, 0.4) is 0 Å². The molecule has 2 fully saturated rings. The Balaban J connectivity index is 1.85. The van der Waals surface area contributed by atoms with Crippen LogP contribution in [-0.4, -0.2) is 43.2 Å². The van der Waals surface area contributed by atoms with E-state index in [1.165, 1.54) is 7.11 Å². The summed E-state index contributed by atoms with van der Waals surface area (Å²) in [5, 5.41) is 2.95. The van der Waals surface area contributed by atoms with Crippen LogP contribution in [0.15, 0.2) is 24.3 Å². The van der Waals surface area contributed by atoms with Gasteiger partial charge < -0.3 is 14.8 Å². The van der Waals surface area contributed by atoms with Crippen LogP contribution < -0.4 is 5.32 Å². The van der Waals surface area contributed by atoms with Crippen LogP contribution >= 0.6 is 0 Å². The number of fused-ring (bicyclic) bond motifs is 5. The molecule has 0 aliphatic carbocycles. The van der Waals surface area contributed by atoms with Crippen molar-refractivity contribution >= 4 is 17.7 Å². The Labute approximate surface area is 134 Å². The first-order valence-electron chi connectivity index (χ1n) is 7.49. The Morgan fingerprint density at radius 1 is 1.35 bits per heavy atom. The van der Waals surface area contributed by atoms with Gasteiger partial charge in [0, 0.05) is 19.2 Å². The summed E-state index contributed by atoms with van der Waals surface area (Å²) in [4.78, 5) is 26.8. The third-order valence-corrected chi connectivity index (χ3v) is 5.11. The molecule has 6 nitrogen and oxygen atoms in total. The van der Waals surface area contributed by atoms with Crippen LogP contribution in [-0.2, 0) is 19.7 Å². The minimum Gasteiger partial charge on any atom is -0.453 e. The predicted molar refractivity (Wildman–Crippen MR) is 82.0 cm³/mol. The number of ether oxygens (including phenoxy) is 2. The van der Waals surface area contributed by atoms with Crippen molar-refractivity contribution in [3.8, 4) is 0 Å². The van der Waals surface area contributed by atoms with Crippen molar-refractivity contribution in [2.24, 2.45) is 0 Å². The van der Waals surface area contributed by atoms with Gasteiger partial charge in [0.05, 0.1) is 24.6 Å². The number of piperidine rings is 1. The van der Waals surface area contributed by atoms with Gasteiger partial charge in [0.1, 0.15) is 6.10 Å². The van der Waals surface area contributed by atoms with Crippen molar-refractivity contribution in [1.82, 2.24) is 4.90 Å². The predicted octanol–water partition coefficient (Wildman–Crippen LogP) is 1.69. The number of benzene rings is 1. The van der Waals surface area contributed by atoms with Gasteiger partial charge in [-0.25, -0.2) is 4.79 Å².